The topological polar surface area (TPSA) is 27.6 Å². The number of thioether (sulfide) groups is 1. The number of halogens is 2. The summed E-state index contributed by atoms with van der Waals surface area (Å²) in [5.41, 5.74) is 0. The van der Waals surface area contributed by atoms with Gasteiger partial charge in [-0.2, -0.15) is 0 Å². The van der Waals surface area contributed by atoms with E-state index in [2.05, 4.69) is 15.2 Å². The molecule has 2 aliphatic heterocycles. The smallest absolute Gasteiger partial charge is 0.156 e. The monoisotopic (exact) mass is 313 g/mol. The summed E-state index contributed by atoms with van der Waals surface area (Å²) in [5, 5.41) is 4.53. The van der Waals surface area contributed by atoms with Crippen molar-refractivity contribution in [2.75, 3.05) is 38.5 Å². The van der Waals surface area contributed by atoms with Gasteiger partial charge in [0.05, 0.1) is 0 Å². The second kappa shape index (κ2) is 11.2. The Labute approximate surface area is 127 Å². The molecule has 1 fully saturated rings. The molecule has 0 spiro atoms. The Balaban J connectivity index is 0.00000144. The van der Waals surface area contributed by atoms with E-state index in [4.69, 9.17) is 0 Å². The van der Waals surface area contributed by atoms with Crippen LogP contribution >= 0.6 is 36.6 Å². The van der Waals surface area contributed by atoms with E-state index in [0.29, 0.717) is 0 Å². The van der Waals surface area contributed by atoms with E-state index in [9.17, 15) is 0 Å². The molecule has 0 radical (unpaired) electrons. The molecular formula is C12H25Cl2N3S. The van der Waals surface area contributed by atoms with Gasteiger partial charge in [0.15, 0.2) is 5.17 Å². The Bertz CT molecular complexity index is 233. The largest absolute Gasteiger partial charge is 0.365 e. The van der Waals surface area contributed by atoms with E-state index in [0.717, 1.165) is 13.1 Å². The molecule has 2 heterocycles. The standard InChI is InChI=1S/C12H23N3S.2ClH/c1-2-9-15(8-1)10-3-4-11-16-12-13-6-5-7-14-12;;/h1-11H2,(H,13,14);2*1H. The lowest BCUT2D eigenvalue weighted by Gasteiger charge is -2.15. The minimum absolute atomic E-state index is 0. The Morgan fingerprint density at radius 3 is 2.56 bits per heavy atom. The molecule has 0 unspecified atom stereocenters. The number of amidine groups is 1. The first-order chi connectivity index (χ1) is 7.95. The zero-order valence-electron chi connectivity index (χ0n) is 10.9. The number of nitrogens with zero attached hydrogens (tertiary/aromatic N) is 2. The maximum absolute atomic E-state index is 4.46. The van der Waals surface area contributed by atoms with Crippen molar-refractivity contribution >= 4 is 41.7 Å². The van der Waals surface area contributed by atoms with Crippen LogP contribution in [0.15, 0.2) is 4.99 Å². The molecule has 3 nitrogen and oxygen atoms in total. The van der Waals surface area contributed by atoms with E-state index >= 15 is 0 Å². The Hall–Kier alpha value is 0.360. The van der Waals surface area contributed by atoms with Crippen molar-refractivity contribution in [3.8, 4) is 0 Å². The second-order valence-corrected chi connectivity index (χ2v) is 5.66. The van der Waals surface area contributed by atoms with Gasteiger partial charge in [0.25, 0.3) is 0 Å². The Kier molecular flexibility index (Phi) is 11.4. The fourth-order valence-corrected chi connectivity index (χ4v) is 3.15. The quantitative estimate of drug-likeness (QED) is 0.791. The van der Waals surface area contributed by atoms with Crippen LogP contribution in [-0.2, 0) is 0 Å². The molecule has 2 rings (SSSR count). The minimum Gasteiger partial charge on any atom is -0.365 e. The van der Waals surface area contributed by atoms with Crippen molar-refractivity contribution in [1.82, 2.24) is 10.2 Å². The molecule has 0 amide bonds. The highest BCUT2D eigenvalue weighted by Gasteiger charge is 2.10. The number of unbranched alkanes of at least 4 members (excludes halogenated alkanes) is 1. The first kappa shape index (κ1) is 18.4. The summed E-state index contributed by atoms with van der Waals surface area (Å²) in [6.07, 6.45) is 6.69. The van der Waals surface area contributed by atoms with Crippen LogP contribution < -0.4 is 5.32 Å². The van der Waals surface area contributed by atoms with Crippen molar-refractivity contribution in [3.05, 3.63) is 0 Å². The molecule has 0 aromatic heterocycles. The average molecular weight is 314 g/mol. The second-order valence-electron chi connectivity index (χ2n) is 4.57. The molecule has 0 atom stereocenters. The fourth-order valence-electron chi connectivity index (χ4n) is 2.22. The third kappa shape index (κ3) is 7.07. The number of aliphatic imine (C=N–C) groups is 1. The van der Waals surface area contributed by atoms with Crippen molar-refractivity contribution in [2.45, 2.75) is 32.1 Å². The first-order valence-electron chi connectivity index (χ1n) is 6.58. The van der Waals surface area contributed by atoms with Gasteiger partial charge in [0.2, 0.25) is 0 Å². The molecule has 0 saturated carbocycles. The zero-order chi connectivity index (χ0) is 11.1. The van der Waals surface area contributed by atoms with Crippen molar-refractivity contribution in [2.24, 2.45) is 4.99 Å². The van der Waals surface area contributed by atoms with Crippen LogP contribution in [0.2, 0.25) is 0 Å². The molecule has 6 heteroatoms. The maximum Gasteiger partial charge on any atom is 0.156 e. The summed E-state index contributed by atoms with van der Waals surface area (Å²) in [7, 11) is 0. The Morgan fingerprint density at radius 2 is 1.89 bits per heavy atom. The van der Waals surface area contributed by atoms with Crippen LogP contribution in [0.25, 0.3) is 0 Å². The molecule has 0 aliphatic carbocycles. The molecule has 1 N–H and O–H groups in total. The Morgan fingerprint density at radius 1 is 1.11 bits per heavy atom. The number of nitrogens with one attached hydrogen (secondary N) is 1. The van der Waals surface area contributed by atoms with E-state index in [1.165, 1.54) is 62.7 Å². The van der Waals surface area contributed by atoms with Crippen LogP contribution in [0, 0.1) is 0 Å². The summed E-state index contributed by atoms with van der Waals surface area (Å²) in [6.45, 7) is 6.10. The van der Waals surface area contributed by atoms with Gasteiger partial charge in [0, 0.05) is 18.8 Å². The SMILES string of the molecule is C1CN=C(SCCCCN2CCCC2)NC1.Cl.Cl. The summed E-state index contributed by atoms with van der Waals surface area (Å²) in [5.74, 6) is 1.22. The third-order valence-electron chi connectivity index (χ3n) is 3.17. The number of hydrogen-bond donors (Lipinski definition) is 1. The van der Waals surface area contributed by atoms with Gasteiger partial charge in [-0.1, -0.05) is 11.8 Å². The molecule has 108 valence electrons. The average Bonchev–Trinajstić information content (AvgIpc) is 2.83. The van der Waals surface area contributed by atoms with Gasteiger partial charge in [-0.3, -0.25) is 4.99 Å². The number of rotatable bonds is 5. The molecule has 0 bridgehead atoms. The van der Waals surface area contributed by atoms with Crippen LogP contribution in [0.4, 0.5) is 0 Å². The van der Waals surface area contributed by atoms with Crippen LogP contribution in [0.1, 0.15) is 32.1 Å². The minimum atomic E-state index is 0. The van der Waals surface area contributed by atoms with Gasteiger partial charge in [-0.15, -0.1) is 24.8 Å². The van der Waals surface area contributed by atoms with Gasteiger partial charge in [-0.25, -0.2) is 0 Å². The van der Waals surface area contributed by atoms with Gasteiger partial charge >= 0.3 is 0 Å². The lowest BCUT2D eigenvalue weighted by molar-refractivity contribution is 0.333. The van der Waals surface area contributed by atoms with Crippen LogP contribution in [0.3, 0.4) is 0 Å². The maximum atomic E-state index is 4.46. The zero-order valence-corrected chi connectivity index (χ0v) is 13.3. The highest BCUT2D eigenvalue weighted by molar-refractivity contribution is 8.13. The lowest BCUT2D eigenvalue weighted by Crippen LogP contribution is -2.27. The number of likely N-dealkylation sites (tertiary alicyclic amines) is 1. The summed E-state index contributed by atoms with van der Waals surface area (Å²) in [4.78, 5) is 7.06. The molecule has 0 aromatic carbocycles. The highest BCUT2D eigenvalue weighted by atomic mass is 35.5. The normalized spacial score (nSPS) is 19.4. The van der Waals surface area contributed by atoms with E-state index in [-0.39, 0.29) is 24.8 Å². The van der Waals surface area contributed by atoms with E-state index in [1.54, 1.807) is 0 Å². The van der Waals surface area contributed by atoms with Crippen LogP contribution in [0.5, 0.6) is 0 Å². The molecular weight excluding hydrogens is 289 g/mol. The molecule has 2 aliphatic rings. The summed E-state index contributed by atoms with van der Waals surface area (Å²) >= 11 is 1.90. The van der Waals surface area contributed by atoms with Gasteiger partial charge in [-0.05, 0) is 51.7 Å². The van der Waals surface area contributed by atoms with Gasteiger partial charge in [0.1, 0.15) is 0 Å². The van der Waals surface area contributed by atoms with Crippen molar-refractivity contribution < 1.29 is 0 Å². The molecule has 0 aromatic rings. The van der Waals surface area contributed by atoms with Crippen molar-refractivity contribution in [3.63, 3.8) is 0 Å². The van der Waals surface area contributed by atoms with Crippen molar-refractivity contribution in [1.29, 1.82) is 0 Å². The molecule has 18 heavy (non-hydrogen) atoms. The predicted octanol–water partition coefficient (Wildman–Crippen LogP) is 2.79. The lowest BCUT2D eigenvalue weighted by atomic mass is 10.3. The third-order valence-corrected chi connectivity index (χ3v) is 4.21. The summed E-state index contributed by atoms with van der Waals surface area (Å²) in [6, 6.07) is 0. The highest BCUT2D eigenvalue weighted by Crippen LogP contribution is 2.11. The fraction of sp³-hybridized carbons (Fsp3) is 0.917. The predicted molar refractivity (Wildman–Crippen MR) is 86.8 cm³/mol. The van der Waals surface area contributed by atoms with Gasteiger partial charge < -0.3 is 10.2 Å². The van der Waals surface area contributed by atoms with E-state index < -0.39 is 0 Å². The first-order valence-corrected chi connectivity index (χ1v) is 7.57. The van der Waals surface area contributed by atoms with Crippen LogP contribution in [-0.4, -0.2) is 48.5 Å². The molecule has 1 saturated heterocycles. The summed E-state index contributed by atoms with van der Waals surface area (Å²) < 4.78 is 0. The van der Waals surface area contributed by atoms with E-state index in [1.807, 2.05) is 11.8 Å². The number of hydrogen-bond acceptors (Lipinski definition) is 4.